The number of hydrazine groups is 1. The van der Waals surface area contributed by atoms with Crippen LogP contribution in [0.3, 0.4) is 0 Å². The van der Waals surface area contributed by atoms with Crippen LogP contribution in [0.5, 0.6) is 0 Å². The Morgan fingerprint density at radius 1 is 0.741 bits per heavy atom. The molecular formula is C20H17F2N3O2. The summed E-state index contributed by atoms with van der Waals surface area (Å²) in [5, 5.41) is 4.04. The van der Waals surface area contributed by atoms with E-state index in [9.17, 15) is 18.4 Å². The van der Waals surface area contributed by atoms with Gasteiger partial charge in [-0.05, 0) is 48.4 Å². The van der Waals surface area contributed by atoms with E-state index in [1.165, 1.54) is 41.3 Å². The molecule has 3 saturated heterocycles. The molecular weight excluding hydrogens is 352 g/mol. The van der Waals surface area contributed by atoms with Crippen molar-refractivity contribution < 1.29 is 18.4 Å². The number of anilines is 1. The van der Waals surface area contributed by atoms with E-state index in [0.29, 0.717) is 12.2 Å². The van der Waals surface area contributed by atoms with E-state index >= 15 is 0 Å². The molecule has 2 aromatic carbocycles. The molecule has 0 spiro atoms. The summed E-state index contributed by atoms with van der Waals surface area (Å²) in [6.45, 7) is 1.46. The predicted octanol–water partition coefficient (Wildman–Crippen LogP) is 2.50. The van der Waals surface area contributed by atoms with Crippen molar-refractivity contribution in [2.24, 2.45) is 5.92 Å². The maximum Gasteiger partial charge on any atom is 0.253 e. The second-order valence-electron chi connectivity index (χ2n) is 7.14. The highest BCUT2D eigenvalue weighted by Gasteiger charge is 2.62. The second kappa shape index (κ2) is 5.94. The van der Waals surface area contributed by atoms with Gasteiger partial charge < -0.3 is 0 Å². The lowest BCUT2D eigenvalue weighted by Crippen LogP contribution is -2.44. The molecule has 3 heterocycles. The number of fused-ring (bicyclic) bond motifs is 3. The standard InChI is InChI=1S/C20H17F2N3O2/c21-13-4-2-12(3-5-13)17-16-18(24-11-1-10-23(17)24)20(27)25(19(16)26)15-8-6-14(22)7-9-15/h2-9,16-18H,1,10-11H2/t16-,17+,18+/m1/s1. The Balaban J connectivity index is 1.57. The molecule has 0 bridgehead atoms. The number of nitrogens with zero attached hydrogens (tertiary/aromatic N) is 3. The van der Waals surface area contributed by atoms with Gasteiger partial charge in [0.05, 0.1) is 17.6 Å². The maximum absolute atomic E-state index is 13.4. The Bertz CT molecular complexity index is 916. The molecule has 0 aromatic heterocycles. The van der Waals surface area contributed by atoms with Crippen LogP contribution >= 0.6 is 0 Å². The van der Waals surface area contributed by atoms with E-state index in [4.69, 9.17) is 0 Å². The molecule has 0 unspecified atom stereocenters. The van der Waals surface area contributed by atoms with E-state index in [2.05, 4.69) is 5.01 Å². The third kappa shape index (κ3) is 2.35. The fourth-order valence-corrected chi connectivity index (χ4v) is 4.62. The lowest BCUT2D eigenvalue weighted by molar-refractivity contribution is -0.126. The van der Waals surface area contributed by atoms with Gasteiger partial charge in [-0.1, -0.05) is 12.1 Å². The van der Waals surface area contributed by atoms with Gasteiger partial charge in [0, 0.05) is 13.1 Å². The Morgan fingerprint density at radius 2 is 1.30 bits per heavy atom. The third-order valence-corrected chi connectivity index (χ3v) is 5.70. The summed E-state index contributed by atoms with van der Waals surface area (Å²) >= 11 is 0. The van der Waals surface area contributed by atoms with Crippen LogP contribution in [0.4, 0.5) is 14.5 Å². The molecule has 2 aromatic rings. The number of rotatable bonds is 2. The van der Waals surface area contributed by atoms with Gasteiger partial charge in [-0.2, -0.15) is 0 Å². The van der Waals surface area contributed by atoms with Gasteiger partial charge in [0.25, 0.3) is 5.91 Å². The van der Waals surface area contributed by atoms with Crippen molar-refractivity contribution >= 4 is 17.5 Å². The van der Waals surface area contributed by atoms with Crippen molar-refractivity contribution in [1.29, 1.82) is 0 Å². The fourth-order valence-electron chi connectivity index (χ4n) is 4.62. The van der Waals surface area contributed by atoms with Gasteiger partial charge >= 0.3 is 0 Å². The zero-order chi connectivity index (χ0) is 18.7. The minimum Gasteiger partial charge on any atom is -0.274 e. The predicted molar refractivity (Wildman–Crippen MR) is 93.3 cm³/mol. The highest BCUT2D eigenvalue weighted by molar-refractivity contribution is 6.24. The lowest BCUT2D eigenvalue weighted by atomic mass is 9.90. The van der Waals surface area contributed by atoms with Gasteiger partial charge in [-0.15, -0.1) is 0 Å². The molecule has 5 rings (SSSR count). The first-order valence-corrected chi connectivity index (χ1v) is 8.98. The van der Waals surface area contributed by atoms with Crippen LogP contribution in [0, 0.1) is 17.6 Å². The van der Waals surface area contributed by atoms with E-state index < -0.39 is 17.8 Å². The summed E-state index contributed by atoms with van der Waals surface area (Å²) in [5.41, 5.74) is 1.20. The highest BCUT2D eigenvalue weighted by Crippen LogP contribution is 2.48. The Hall–Kier alpha value is -2.64. The Labute approximate surface area is 154 Å². The average Bonchev–Trinajstić information content (AvgIpc) is 3.30. The van der Waals surface area contributed by atoms with Crippen molar-refractivity contribution in [2.75, 3.05) is 18.0 Å². The summed E-state index contributed by atoms with van der Waals surface area (Å²) in [4.78, 5) is 27.6. The molecule has 138 valence electrons. The first-order valence-electron chi connectivity index (χ1n) is 8.98. The highest BCUT2D eigenvalue weighted by atomic mass is 19.1. The van der Waals surface area contributed by atoms with Gasteiger partial charge in [0.2, 0.25) is 5.91 Å². The number of hydrogen-bond acceptors (Lipinski definition) is 4. The SMILES string of the molecule is O=C1[C@H]2[C@@H](C(=O)N1c1ccc(F)cc1)N1CCCN1[C@H]2c1ccc(F)cc1. The van der Waals surface area contributed by atoms with Crippen molar-refractivity contribution in [3.8, 4) is 0 Å². The van der Waals surface area contributed by atoms with E-state index in [1.807, 2.05) is 5.01 Å². The Morgan fingerprint density at radius 3 is 1.93 bits per heavy atom. The molecule has 0 saturated carbocycles. The molecule has 3 aliphatic rings. The topological polar surface area (TPSA) is 43.9 Å². The minimum absolute atomic E-state index is 0.284. The van der Waals surface area contributed by atoms with Gasteiger partial charge in [0.1, 0.15) is 17.7 Å². The number of carbonyl (C=O) groups is 2. The largest absolute Gasteiger partial charge is 0.274 e. The van der Waals surface area contributed by atoms with Gasteiger partial charge in [0.15, 0.2) is 0 Å². The first kappa shape index (κ1) is 16.5. The van der Waals surface area contributed by atoms with Gasteiger partial charge in [-0.25, -0.2) is 23.7 Å². The quantitative estimate of drug-likeness (QED) is 0.763. The number of amides is 2. The molecule has 3 aliphatic heterocycles. The van der Waals surface area contributed by atoms with Crippen LogP contribution in [0.2, 0.25) is 0 Å². The molecule has 3 atom stereocenters. The number of imide groups is 1. The van der Waals surface area contributed by atoms with Crippen LogP contribution in [0.1, 0.15) is 18.0 Å². The number of benzene rings is 2. The Kier molecular flexibility index (Phi) is 3.63. The molecule has 0 N–H and O–H groups in total. The van der Waals surface area contributed by atoms with Crippen LogP contribution in [0.25, 0.3) is 0 Å². The summed E-state index contributed by atoms with van der Waals surface area (Å²) in [7, 11) is 0. The van der Waals surface area contributed by atoms with Crippen molar-refractivity contribution in [1.82, 2.24) is 10.0 Å². The van der Waals surface area contributed by atoms with Crippen LogP contribution in [-0.2, 0) is 9.59 Å². The van der Waals surface area contributed by atoms with E-state index in [1.54, 1.807) is 12.1 Å². The summed E-state index contributed by atoms with van der Waals surface area (Å²) in [5.74, 6) is -1.90. The van der Waals surface area contributed by atoms with Crippen LogP contribution in [0.15, 0.2) is 48.5 Å². The minimum atomic E-state index is -0.569. The van der Waals surface area contributed by atoms with Gasteiger partial charge in [-0.3, -0.25) is 9.59 Å². The average molecular weight is 369 g/mol. The van der Waals surface area contributed by atoms with Crippen molar-refractivity contribution in [3.63, 3.8) is 0 Å². The van der Waals surface area contributed by atoms with E-state index in [-0.39, 0.29) is 23.7 Å². The first-order chi connectivity index (χ1) is 13.1. The zero-order valence-electron chi connectivity index (χ0n) is 14.4. The third-order valence-electron chi connectivity index (χ3n) is 5.70. The molecule has 2 amide bonds. The molecule has 5 nitrogen and oxygen atoms in total. The number of carbonyl (C=O) groups excluding carboxylic acids is 2. The number of hydrogen-bond donors (Lipinski definition) is 0. The van der Waals surface area contributed by atoms with Crippen LogP contribution in [-0.4, -0.2) is 41.0 Å². The molecule has 0 radical (unpaired) electrons. The summed E-state index contributed by atoms with van der Waals surface area (Å²) in [6.07, 6.45) is 0.902. The molecule has 3 fully saturated rings. The second-order valence-corrected chi connectivity index (χ2v) is 7.14. The number of halogens is 2. The van der Waals surface area contributed by atoms with Crippen molar-refractivity contribution in [2.45, 2.75) is 18.5 Å². The van der Waals surface area contributed by atoms with E-state index in [0.717, 1.165) is 18.5 Å². The normalized spacial score (nSPS) is 28.1. The maximum atomic E-state index is 13.4. The van der Waals surface area contributed by atoms with Crippen molar-refractivity contribution in [3.05, 3.63) is 65.7 Å². The van der Waals surface area contributed by atoms with Crippen LogP contribution < -0.4 is 4.90 Å². The summed E-state index contributed by atoms with van der Waals surface area (Å²) < 4.78 is 26.6. The molecule has 0 aliphatic carbocycles. The lowest BCUT2D eigenvalue weighted by Gasteiger charge is -2.29. The zero-order valence-corrected chi connectivity index (χ0v) is 14.4. The summed E-state index contributed by atoms with van der Waals surface area (Å²) in [6, 6.07) is 10.6. The molecule has 27 heavy (non-hydrogen) atoms. The molecule has 7 heteroatoms. The monoisotopic (exact) mass is 369 g/mol. The smallest absolute Gasteiger partial charge is 0.253 e. The fraction of sp³-hybridized carbons (Fsp3) is 0.300.